The molecule has 0 saturated heterocycles. The van der Waals surface area contributed by atoms with Gasteiger partial charge in [-0.2, -0.15) is 0 Å². The van der Waals surface area contributed by atoms with Gasteiger partial charge in [-0.05, 0) is 37.0 Å². The summed E-state index contributed by atoms with van der Waals surface area (Å²) in [7, 11) is 1.79. The number of hydrogen-bond acceptors (Lipinski definition) is 5. The molecule has 0 amide bonds. The Balaban J connectivity index is 2.62. The lowest BCUT2D eigenvalue weighted by Crippen LogP contribution is -2.23. The minimum atomic E-state index is -0.910. The van der Waals surface area contributed by atoms with Crippen molar-refractivity contribution >= 4 is 11.3 Å². The molecule has 2 atom stereocenters. The second-order valence-electron chi connectivity index (χ2n) is 3.36. The number of aliphatic hydroxyl groups is 3. The van der Waals surface area contributed by atoms with Crippen LogP contribution in [0.1, 0.15) is 23.0 Å². The lowest BCUT2D eigenvalue weighted by atomic mass is 10.0. The number of aliphatic hydroxyl groups excluding tert-OH is 3. The quantitative estimate of drug-likeness (QED) is 0.566. The fraction of sp³-hybridized carbons (Fsp3) is 0.600. The van der Waals surface area contributed by atoms with Crippen LogP contribution in [-0.2, 0) is 6.61 Å². The first-order valence-corrected chi connectivity index (χ1v) is 5.76. The van der Waals surface area contributed by atoms with Crippen LogP contribution < -0.4 is 5.32 Å². The number of thiophene rings is 1. The molecule has 15 heavy (non-hydrogen) atoms. The molecule has 4 nitrogen and oxygen atoms in total. The van der Waals surface area contributed by atoms with Gasteiger partial charge in [0.15, 0.2) is 0 Å². The molecule has 0 radical (unpaired) electrons. The van der Waals surface area contributed by atoms with E-state index in [1.165, 1.54) is 11.3 Å². The molecule has 86 valence electrons. The first-order chi connectivity index (χ1) is 7.20. The van der Waals surface area contributed by atoms with Crippen LogP contribution in [0.4, 0.5) is 0 Å². The second kappa shape index (κ2) is 6.19. The van der Waals surface area contributed by atoms with E-state index < -0.39 is 12.2 Å². The average Bonchev–Trinajstić information content (AvgIpc) is 2.72. The smallest absolute Gasteiger partial charge is 0.106 e. The summed E-state index contributed by atoms with van der Waals surface area (Å²) in [5, 5.41) is 33.2. The van der Waals surface area contributed by atoms with Crippen molar-refractivity contribution in [2.75, 3.05) is 13.6 Å². The Labute approximate surface area is 93.2 Å². The van der Waals surface area contributed by atoms with Crippen LogP contribution in [0.25, 0.3) is 0 Å². The van der Waals surface area contributed by atoms with Gasteiger partial charge in [-0.3, -0.25) is 0 Å². The van der Waals surface area contributed by atoms with Crippen LogP contribution in [0.15, 0.2) is 11.4 Å². The highest BCUT2D eigenvalue weighted by Gasteiger charge is 2.21. The van der Waals surface area contributed by atoms with Crippen molar-refractivity contribution in [1.29, 1.82) is 0 Å². The van der Waals surface area contributed by atoms with E-state index in [0.29, 0.717) is 23.4 Å². The van der Waals surface area contributed by atoms with E-state index in [9.17, 15) is 10.2 Å². The lowest BCUT2D eigenvalue weighted by molar-refractivity contribution is 0.0133. The fourth-order valence-electron chi connectivity index (χ4n) is 1.40. The SMILES string of the molecule is CNCCC(O)C(O)c1ccsc1CO. The zero-order valence-corrected chi connectivity index (χ0v) is 9.50. The number of nitrogens with one attached hydrogen (secondary N) is 1. The summed E-state index contributed by atoms with van der Waals surface area (Å²) < 4.78 is 0. The molecule has 0 aliphatic carbocycles. The Hall–Kier alpha value is -0.460. The zero-order chi connectivity index (χ0) is 11.3. The molecule has 1 rings (SSSR count). The van der Waals surface area contributed by atoms with Crippen molar-refractivity contribution in [3.8, 4) is 0 Å². The topological polar surface area (TPSA) is 72.7 Å². The van der Waals surface area contributed by atoms with Crippen LogP contribution in [0.2, 0.25) is 0 Å². The Morgan fingerprint density at radius 3 is 2.80 bits per heavy atom. The summed E-state index contributed by atoms with van der Waals surface area (Å²) in [4.78, 5) is 0.714. The van der Waals surface area contributed by atoms with Crippen LogP contribution in [0.3, 0.4) is 0 Å². The molecular weight excluding hydrogens is 214 g/mol. The summed E-state index contributed by atoms with van der Waals surface area (Å²) in [5.41, 5.74) is 0.631. The lowest BCUT2D eigenvalue weighted by Gasteiger charge is -2.17. The second-order valence-corrected chi connectivity index (χ2v) is 4.36. The summed E-state index contributed by atoms with van der Waals surface area (Å²) in [6, 6.07) is 1.74. The van der Waals surface area contributed by atoms with Crippen molar-refractivity contribution in [3.63, 3.8) is 0 Å². The van der Waals surface area contributed by atoms with E-state index in [2.05, 4.69) is 5.32 Å². The van der Waals surface area contributed by atoms with E-state index >= 15 is 0 Å². The minimum absolute atomic E-state index is 0.0944. The minimum Gasteiger partial charge on any atom is -0.391 e. The van der Waals surface area contributed by atoms with Gasteiger partial charge < -0.3 is 20.6 Å². The van der Waals surface area contributed by atoms with Gasteiger partial charge in [0.1, 0.15) is 6.10 Å². The molecule has 4 N–H and O–H groups in total. The molecule has 1 aromatic rings. The van der Waals surface area contributed by atoms with Gasteiger partial charge in [0.2, 0.25) is 0 Å². The third-order valence-corrected chi connectivity index (χ3v) is 3.22. The van der Waals surface area contributed by atoms with E-state index in [0.717, 1.165) is 0 Å². The predicted molar refractivity (Wildman–Crippen MR) is 59.8 cm³/mol. The van der Waals surface area contributed by atoms with Crippen LogP contribution in [0.5, 0.6) is 0 Å². The first-order valence-electron chi connectivity index (χ1n) is 4.88. The molecule has 1 heterocycles. The molecule has 0 bridgehead atoms. The Morgan fingerprint density at radius 1 is 1.47 bits per heavy atom. The van der Waals surface area contributed by atoms with Gasteiger partial charge in [-0.25, -0.2) is 0 Å². The highest BCUT2D eigenvalue weighted by atomic mass is 32.1. The molecule has 1 aromatic heterocycles. The maximum absolute atomic E-state index is 9.83. The van der Waals surface area contributed by atoms with E-state index in [4.69, 9.17) is 5.11 Å². The van der Waals surface area contributed by atoms with Crippen molar-refractivity contribution in [3.05, 3.63) is 21.9 Å². The van der Waals surface area contributed by atoms with E-state index in [1.807, 2.05) is 0 Å². The maximum Gasteiger partial charge on any atom is 0.106 e. The molecule has 0 aromatic carbocycles. The summed E-state index contributed by atoms with van der Waals surface area (Å²) >= 11 is 1.38. The van der Waals surface area contributed by atoms with Crippen molar-refractivity contribution in [2.24, 2.45) is 0 Å². The molecule has 5 heteroatoms. The predicted octanol–water partition coefficient (Wildman–Crippen LogP) is 0.244. The Morgan fingerprint density at radius 2 is 2.20 bits per heavy atom. The highest BCUT2D eigenvalue weighted by Crippen LogP contribution is 2.26. The fourth-order valence-corrected chi connectivity index (χ4v) is 2.18. The first kappa shape index (κ1) is 12.6. The normalized spacial score (nSPS) is 15.2. The summed E-state index contributed by atoms with van der Waals surface area (Å²) in [6.45, 7) is 0.555. The Bertz CT molecular complexity index is 290. The van der Waals surface area contributed by atoms with Crippen molar-refractivity contribution < 1.29 is 15.3 Å². The van der Waals surface area contributed by atoms with Gasteiger partial charge in [0, 0.05) is 4.88 Å². The largest absolute Gasteiger partial charge is 0.391 e. The number of hydrogen-bond donors (Lipinski definition) is 4. The average molecular weight is 231 g/mol. The molecule has 0 saturated carbocycles. The van der Waals surface area contributed by atoms with Crippen molar-refractivity contribution in [2.45, 2.75) is 25.2 Å². The van der Waals surface area contributed by atoms with Crippen LogP contribution in [-0.4, -0.2) is 35.0 Å². The van der Waals surface area contributed by atoms with E-state index in [-0.39, 0.29) is 6.61 Å². The molecular formula is C10H17NO3S. The molecule has 0 fully saturated rings. The molecule has 0 aliphatic rings. The van der Waals surface area contributed by atoms with Gasteiger partial charge >= 0.3 is 0 Å². The van der Waals surface area contributed by atoms with Gasteiger partial charge in [0.05, 0.1) is 12.7 Å². The van der Waals surface area contributed by atoms with Gasteiger partial charge in [-0.1, -0.05) is 0 Å². The summed E-state index contributed by atoms with van der Waals surface area (Å²) in [5.74, 6) is 0. The zero-order valence-electron chi connectivity index (χ0n) is 8.68. The molecule has 0 aliphatic heterocycles. The molecule has 0 spiro atoms. The van der Waals surface area contributed by atoms with Crippen molar-refractivity contribution in [1.82, 2.24) is 5.32 Å². The summed E-state index contributed by atoms with van der Waals surface area (Å²) in [6.07, 6.45) is -1.22. The van der Waals surface area contributed by atoms with Crippen LogP contribution in [0, 0.1) is 0 Å². The third kappa shape index (κ3) is 3.25. The third-order valence-electron chi connectivity index (χ3n) is 2.30. The maximum atomic E-state index is 9.83. The van der Waals surface area contributed by atoms with E-state index in [1.54, 1.807) is 18.5 Å². The monoisotopic (exact) mass is 231 g/mol. The van der Waals surface area contributed by atoms with Crippen LogP contribution >= 0.6 is 11.3 Å². The standard InChI is InChI=1S/C10H17NO3S/c1-11-4-2-8(13)10(14)7-3-5-15-9(7)6-12/h3,5,8,10-14H,2,4,6H2,1H3. The number of rotatable bonds is 6. The van der Waals surface area contributed by atoms with Gasteiger partial charge in [-0.15, -0.1) is 11.3 Å². The highest BCUT2D eigenvalue weighted by molar-refractivity contribution is 7.10. The molecule has 2 unspecified atom stereocenters. The Kier molecular flexibility index (Phi) is 5.21. The van der Waals surface area contributed by atoms with Gasteiger partial charge in [0.25, 0.3) is 0 Å².